The highest BCUT2D eigenvalue weighted by atomic mass is 79.9. The molecule has 0 N–H and O–H groups in total. The molecule has 0 saturated carbocycles. The molecule has 7 nitrogen and oxygen atoms in total. The smallest absolute Gasteiger partial charge is 0.253 e. The van der Waals surface area contributed by atoms with Gasteiger partial charge in [0, 0.05) is 21.8 Å². The molecule has 8 heteroatoms. The van der Waals surface area contributed by atoms with Crippen molar-refractivity contribution in [1.82, 2.24) is 28.9 Å². The number of nitrogens with zero attached hydrogens (tertiary/aromatic N) is 6. The fourth-order valence-corrected chi connectivity index (χ4v) is 3.96. The first-order valence-corrected chi connectivity index (χ1v) is 9.73. The zero-order valence-electron chi connectivity index (χ0n) is 15.4. The number of hydrogen-bond acceptors (Lipinski definition) is 4. The van der Waals surface area contributed by atoms with Crippen molar-refractivity contribution in [3.8, 4) is 17.1 Å². The molecule has 1 aromatic carbocycles. The minimum atomic E-state index is -0.0236. The van der Waals surface area contributed by atoms with E-state index >= 15 is 0 Å². The van der Waals surface area contributed by atoms with Crippen molar-refractivity contribution in [3.63, 3.8) is 0 Å². The molecule has 0 fully saturated rings. The Morgan fingerprint density at radius 3 is 2.93 bits per heavy atom. The third kappa shape index (κ3) is 2.63. The molecule has 4 aromatic rings. The minimum absolute atomic E-state index is 0.0236. The van der Waals surface area contributed by atoms with Gasteiger partial charge in [-0.25, -0.2) is 14.6 Å². The third-order valence-electron chi connectivity index (χ3n) is 5.07. The Morgan fingerprint density at radius 2 is 2.07 bits per heavy atom. The second-order valence-corrected chi connectivity index (χ2v) is 7.86. The van der Waals surface area contributed by atoms with Crippen LogP contribution in [0.3, 0.4) is 0 Å². The summed E-state index contributed by atoms with van der Waals surface area (Å²) in [7, 11) is 0. The molecule has 1 aliphatic heterocycles. The second kappa shape index (κ2) is 6.27. The van der Waals surface area contributed by atoms with E-state index in [1.165, 1.54) is 0 Å². The van der Waals surface area contributed by atoms with Gasteiger partial charge in [-0.15, -0.1) is 0 Å². The molecule has 4 heterocycles. The summed E-state index contributed by atoms with van der Waals surface area (Å²) in [4.78, 5) is 21.6. The van der Waals surface area contributed by atoms with Crippen LogP contribution in [-0.2, 0) is 13.1 Å². The predicted octanol–water partition coefficient (Wildman–Crippen LogP) is 3.08. The van der Waals surface area contributed by atoms with Crippen LogP contribution in [-0.4, -0.2) is 28.9 Å². The number of fused-ring (bicyclic) bond motifs is 5. The van der Waals surface area contributed by atoms with E-state index in [0.717, 1.165) is 32.9 Å². The van der Waals surface area contributed by atoms with Crippen LogP contribution >= 0.6 is 15.9 Å². The topological polar surface area (TPSA) is 70.5 Å². The van der Waals surface area contributed by atoms with Gasteiger partial charge in [-0.3, -0.25) is 4.79 Å². The molecular weight excluding hydrogens is 420 g/mol. The van der Waals surface area contributed by atoms with Gasteiger partial charge < -0.3 is 9.13 Å². The first kappa shape index (κ1) is 17.1. The van der Waals surface area contributed by atoms with E-state index in [1.54, 1.807) is 10.8 Å². The summed E-state index contributed by atoms with van der Waals surface area (Å²) in [6.45, 7) is 4.72. The second-order valence-electron chi connectivity index (χ2n) is 6.94. The number of benzene rings is 1. The van der Waals surface area contributed by atoms with Gasteiger partial charge >= 0.3 is 0 Å². The Bertz CT molecular complexity index is 1280. The molecule has 5 rings (SSSR count). The molecule has 0 unspecified atom stereocenters. The van der Waals surface area contributed by atoms with Crippen LogP contribution in [0.25, 0.3) is 17.1 Å². The maximum Gasteiger partial charge on any atom is 0.253 e. The lowest BCUT2D eigenvalue weighted by atomic mass is 10.1. The van der Waals surface area contributed by atoms with E-state index in [0.29, 0.717) is 24.5 Å². The van der Waals surface area contributed by atoms with Gasteiger partial charge in [0.2, 0.25) is 0 Å². The van der Waals surface area contributed by atoms with E-state index in [1.807, 2.05) is 49.1 Å². The van der Waals surface area contributed by atoms with E-state index in [2.05, 4.69) is 31.5 Å². The van der Waals surface area contributed by atoms with Gasteiger partial charge in [0.15, 0.2) is 11.6 Å². The van der Waals surface area contributed by atoms with Crippen molar-refractivity contribution in [2.45, 2.75) is 26.9 Å². The molecule has 0 amide bonds. The minimum Gasteiger partial charge on any atom is -0.308 e. The maximum atomic E-state index is 12.4. The van der Waals surface area contributed by atoms with Crippen LogP contribution in [0.5, 0.6) is 0 Å². The van der Waals surface area contributed by atoms with E-state index in [4.69, 9.17) is 10.1 Å². The Kier molecular flexibility index (Phi) is 3.83. The third-order valence-corrected chi connectivity index (χ3v) is 5.56. The molecule has 0 atom stereocenters. The fourth-order valence-electron chi connectivity index (χ4n) is 3.60. The van der Waals surface area contributed by atoms with Crippen molar-refractivity contribution in [3.05, 3.63) is 80.5 Å². The van der Waals surface area contributed by atoms with Crippen LogP contribution in [0, 0.1) is 13.8 Å². The molecule has 140 valence electrons. The lowest BCUT2D eigenvalue weighted by molar-refractivity contribution is 0.641. The van der Waals surface area contributed by atoms with Gasteiger partial charge in [-0.05, 0) is 38.1 Å². The Labute approximate surface area is 169 Å². The number of aromatic nitrogens is 6. The summed E-state index contributed by atoms with van der Waals surface area (Å²) < 4.78 is 6.60. The quantitative estimate of drug-likeness (QED) is 0.426. The van der Waals surface area contributed by atoms with Gasteiger partial charge in [0.1, 0.15) is 0 Å². The molecular formula is C20H17BrN6O. The Hall–Kier alpha value is -3.00. The van der Waals surface area contributed by atoms with Gasteiger partial charge in [0.25, 0.3) is 5.56 Å². The molecule has 1 aliphatic rings. The molecule has 0 saturated heterocycles. The van der Waals surface area contributed by atoms with E-state index < -0.39 is 0 Å². The van der Waals surface area contributed by atoms with Crippen LogP contribution in [0.1, 0.15) is 22.8 Å². The zero-order valence-corrected chi connectivity index (χ0v) is 17.0. The van der Waals surface area contributed by atoms with Crippen molar-refractivity contribution in [1.29, 1.82) is 0 Å². The van der Waals surface area contributed by atoms with Crippen molar-refractivity contribution >= 4 is 15.9 Å². The summed E-state index contributed by atoms with van der Waals surface area (Å²) in [5, 5.41) is 4.71. The van der Waals surface area contributed by atoms with Crippen LogP contribution in [0.2, 0.25) is 0 Å². The SMILES string of the molecule is Cc1ncn2c1Cn1nc(Cn3cccc(C)c3=O)nc1-c1cc(Br)ccc1-2. The fraction of sp³-hybridized carbons (Fsp3) is 0.200. The normalized spacial score (nSPS) is 12.2. The summed E-state index contributed by atoms with van der Waals surface area (Å²) in [5.41, 5.74) is 4.71. The predicted molar refractivity (Wildman–Crippen MR) is 109 cm³/mol. The summed E-state index contributed by atoms with van der Waals surface area (Å²) >= 11 is 3.56. The number of imidazole rings is 1. The van der Waals surface area contributed by atoms with Crippen molar-refractivity contribution in [2.75, 3.05) is 0 Å². The maximum absolute atomic E-state index is 12.4. The van der Waals surface area contributed by atoms with Gasteiger partial charge in [-0.2, -0.15) is 5.10 Å². The summed E-state index contributed by atoms with van der Waals surface area (Å²) in [5.74, 6) is 1.40. The van der Waals surface area contributed by atoms with Crippen LogP contribution in [0.4, 0.5) is 0 Å². The number of aryl methyl sites for hydroxylation is 2. The highest BCUT2D eigenvalue weighted by Gasteiger charge is 2.24. The van der Waals surface area contributed by atoms with Gasteiger partial charge in [-0.1, -0.05) is 22.0 Å². The first-order valence-electron chi connectivity index (χ1n) is 8.94. The molecule has 0 bridgehead atoms. The Morgan fingerprint density at radius 1 is 1.21 bits per heavy atom. The van der Waals surface area contributed by atoms with Crippen LogP contribution in [0.15, 0.2) is 52.1 Å². The highest BCUT2D eigenvalue weighted by Crippen LogP contribution is 2.33. The molecule has 0 spiro atoms. The standard InChI is InChI=1S/C20H17BrN6O/c1-12-4-3-7-25(20(12)28)10-18-23-19-15-8-14(21)5-6-16(15)26-11-22-13(2)17(26)9-27(19)24-18/h3-8,11H,9-10H2,1-2H3. The monoisotopic (exact) mass is 436 g/mol. The number of rotatable bonds is 2. The lowest BCUT2D eigenvalue weighted by Gasteiger charge is -2.09. The van der Waals surface area contributed by atoms with E-state index in [9.17, 15) is 4.79 Å². The average Bonchev–Trinajstić information content (AvgIpc) is 3.20. The molecule has 28 heavy (non-hydrogen) atoms. The lowest BCUT2D eigenvalue weighted by Crippen LogP contribution is -2.22. The van der Waals surface area contributed by atoms with E-state index in [-0.39, 0.29) is 5.56 Å². The van der Waals surface area contributed by atoms with Gasteiger partial charge in [0.05, 0.1) is 36.5 Å². The van der Waals surface area contributed by atoms with Crippen LogP contribution < -0.4 is 5.56 Å². The first-order chi connectivity index (χ1) is 13.5. The largest absolute Gasteiger partial charge is 0.308 e. The molecule has 0 radical (unpaired) electrons. The molecule has 3 aromatic heterocycles. The number of halogens is 1. The number of pyridine rings is 1. The highest BCUT2D eigenvalue weighted by molar-refractivity contribution is 9.10. The Balaban J connectivity index is 1.67. The number of hydrogen-bond donors (Lipinski definition) is 0. The average molecular weight is 437 g/mol. The zero-order chi connectivity index (χ0) is 19.4. The van der Waals surface area contributed by atoms with Crippen molar-refractivity contribution < 1.29 is 0 Å². The molecule has 0 aliphatic carbocycles. The van der Waals surface area contributed by atoms with Crippen molar-refractivity contribution in [2.24, 2.45) is 0 Å². The summed E-state index contributed by atoms with van der Waals surface area (Å²) in [6.07, 6.45) is 3.61. The summed E-state index contributed by atoms with van der Waals surface area (Å²) in [6, 6.07) is 9.79.